The van der Waals surface area contributed by atoms with Gasteiger partial charge in [0.15, 0.2) is 10.1 Å². The van der Waals surface area contributed by atoms with E-state index >= 15 is 0 Å². The van der Waals surface area contributed by atoms with Gasteiger partial charge in [-0.2, -0.15) is 0 Å². The Bertz CT molecular complexity index is 2250. The van der Waals surface area contributed by atoms with Gasteiger partial charge in [0.25, 0.3) is 5.13 Å². The Balaban J connectivity index is 1.35. The van der Waals surface area contributed by atoms with Gasteiger partial charge in [0.2, 0.25) is 5.88 Å². The average Bonchev–Trinajstić information content (AvgIpc) is 3.87. The lowest BCUT2D eigenvalue weighted by Crippen LogP contribution is -2.05. The number of carbonyl (C=O) groups excluding carboxylic acids is 2. The third-order valence-corrected chi connectivity index (χ3v) is 10.6. The van der Waals surface area contributed by atoms with Gasteiger partial charge in [-0.05, 0) is 57.7 Å². The van der Waals surface area contributed by atoms with Crippen LogP contribution in [-0.4, -0.2) is 46.2 Å². The highest BCUT2D eigenvalue weighted by molar-refractivity contribution is 8.01. The summed E-state index contributed by atoms with van der Waals surface area (Å²) < 4.78 is 24.5. The van der Waals surface area contributed by atoms with Crippen LogP contribution >= 0.6 is 45.8 Å². The predicted molar refractivity (Wildman–Crippen MR) is 190 cm³/mol. The summed E-state index contributed by atoms with van der Waals surface area (Å²) >= 11 is 5.67. The summed E-state index contributed by atoms with van der Waals surface area (Å²) in [6, 6.07) is 8.15. The van der Waals surface area contributed by atoms with Crippen molar-refractivity contribution in [1.82, 2.24) is 10.2 Å². The lowest BCUT2D eigenvalue weighted by molar-refractivity contribution is 0.0517. The van der Waals surface area contributed by atoms with Crippen molar-refractivity contribution >= 4 is 100 Å². The number of esters is 2. The fourth-order valence-corrected chi connectivity index (χ4v) is 8.32. The summed E-state index contributed by atoms with van der Waals surface area (Å²) in [6.07, 6.45) is 1.35. The Morgan fingerprint density at radius 3 is 2.12 bits per heavy atom. The van der Waals surface area contributed by atoms with E-state index in [1.54, 1.807) is 31.7 Å². The molecule has 0 aliphatic heterocycles. The molecule has 4 heterocycles. The van der Waals surface area contributed by atoms with Crippen molar-refractivity contribution in [3.05, 3.63) is 57.5 Å². The molecule has 0 saturated carbocycles. The molecule has 13 nitrogen and oxygen atoms in total. The van der Waals surface area contributed by atoms with Crippen LogP contribution in [0.15, 0.2) is 65.8 Å². The minimum absolute atomic E-state index is 0.0555. The van der Waals surface area contributed by atoms with E-state index in [0.29, 0.717) is 36.7 Å². The fraction of sp³-hybridized carbons (Fsp3) is 0.250. The molecule has 0 aliphatic carbocycles. The second kappa shape index (κ2) is 14.8. The third-order valence-electron chi connectivity index (χ3n) is 6.68. The molecule has 6 aromatic rings. The van der Waals surface area contributed by atoms with Crippen molar-refractivity contribution in [2.24, 2.45) is 20.5 Å². The van der Waals surface area contributed by atoms with Gasteiger partial charge in [0.05, 0.1) is 33.7 Å². The summed E-state index contributed by atoms with van der Waals surface area (Å²) in [5.41, 5.74) is 0.823. The first-order chi connectivity index (χ1) is 23.7. The van der Waals surface area contributed by atoms with Gasteiger partial charge in [0, 0.05) is 26.6 Å². The number of fused-ring (bicyclic) bond motifs is 2. The minimum atomic E-state index is -0.637. The number of aryl methyl sites for hydroxylation is 2. The molecule has 0 saturated heterocycles. The molecule has 4 aromatic heterocycles. The molecular weight excluding hydrogens is 709 g/mol. The molecule has 252 valence electrons. The van der Waals surface area contributed by atoms with Gasteiger partial charge >= 0.3 is 11.9 Å². The summed E-state index contributed by atoms with van der Waals surface area (Å²) in [4.78, 5) is 27.8. The molecule has 6 rings (SSSR count). The van der Waals surface area contributed by atoms with Crippen LogP contribution in [0.5, 0.6) is 17.2 Å². The zero-order valence-electron chi connectivity index (χ0n) is 26.8. The third kappa shape index (κ3) is 7.34. The van der Waals surface area contributed by atoms with E-state index in [9.17, 15) is 14.7 Å². The van der Waals surface area contributed by atoms with Crippen molar-refractivity contribution in [3.63, 3.8) is 0 Å². The van der Waals surface area contributed by atoms with E-state index in [-0.39, 0.29) is 47.4 Å². The SMILES string of the molecule is CCOC(=O)c1cc(O)c2cc(C)sc2c1/N=N/c1cc(Oc2cc(C(=O)OCC)c(/N=N/c3nnc(SCC)s3)c3sc(C)cc23)co1. The van der Waals surface area contributed by atoms with Crippen LogP contribution in [0.3, 0.4) is 0 Å². The topological polar surface area (TPSA) is 170 Å². The Morgan fingerprint density at radius 1 is 0.816 bits per heavy atom. The highest BCUT2D eigenvalue weighted by Crippen LogP contribution is 2.46. The van der Waals surface area contributed by atoms with Gasteiger partial charge in [-0.1, -0.05) is 30.0 Å². The first-order valence-corrected chi connectivity index (χ1v) is 18.4. The Morgan fingerprint density at radius 2 is 1.45 bits per heavy atom. The van der Waals surface area contributed by atoms with Crippen molar-refractivity contribution in [1.29, 1.82) is 0 Å². The van der Waals surface area contributed by atoms with Crippen molar-refractivity contribution in [3.8, 4) is 17.2 Å². The summed E-state index contributed by atoms with van der Waals surface area (Å²) in [5.74, 6) is 0.308. The molecule has 0 atom stereocenters. The van der Waals surface area contributed by atoms with E-state index in [4.69, 9.17) is 18.6 Å². The second-order valence-corrected chi connectivity index (χ2v) is 15.1. The summed E-state index contributed by atoms with van der Waals surface area (Å²) in [7, 11) is 0. The molecule has 49 heavy (non-hydrogen) atoms. The number of phenols is 1. The Kier molecular flexibility index (Phi) is 10.3. The van der Waals surface area contributed by atoms with E-state index in [1.165, 1.54) is 52.4 Å². The number of furan rings is 1. The maximum atomic E-state index is 13.2. The number of azo groups is 2. The van der Waals surface area contributed by atoms with E-state index in [2.05, 4.69) is 30.7 Å². The highest BCUT2D eigenvalue weighted by Gasteiger charge is 2.24. The van der Waals surface area contributed by atoms with E-state index in [0.717, 1.165) is 19.8 Å². The quantitative estimate of drug-likeness (QED) is 0.0724. The van der Waals surface area contributed by atoms with Crippen molar-refractivity contribution < 1.29 is 33.3 Å². The summed E-state index contributed by atoms with van der Waals surface area (Å²) in [5, 5.41) is 37.7. The van der Waals surface area contributed by atoms with E-state index in [1.807, 2.05) is 32.9 Å². The molecule has 0 unspecified atom stereocenters. The number of hydrogen-bond donors (Lipinski definition) is 1. The zero-order valence-corrected chi connectivity index (χ0v) is 30.1. The van der Waals surface area contributed by atoms with Gasteiger partial charge in [-0.15, -0.1) is 53.3 Å². The predicted octanol–water partition coefficient (Wildman–Crippen LogP) is 11.0. The van der Waals surface area contributed by atoms with Gasteiger partial charge in [-0.25, -0.2) is 9.59 Å². The molecule has 0 bridgehead atoms. The number of nitrogens with zero attached hydrogens (tertiary/aromatic N) is 6. The number of phenolic OH excluding ortho intramolecular Hbond substituents is 1. The second-order valence-electron chi connectivity index (χ2n) is 10.1. The van der Waals surface area contributed by atoms with Crippen molar-refractivity contribution in [2.45, 2.75) is 39.0 Å². The van der Waals surface area contributed by atoms with Crippen LogP contribution in [0.4, 0.5) is 22.4 Å². The van der Waals surface area contributed by atoms with Gasteiger partial charge in [0.1, 0.15) is 29.1 Å². The molecule has 0 fully saturated rings. The van der Waals surface area contributed by atoms with Crippen LogP contribution in [0.25, 0.3) is 20.2 Å². The largest absolute Gasteiger partial charge is 0.507 e. The average molecular weight is 737 g/mol. The van der Waals surface area contributed by atoms with Crippen LogP contribution in [0, 0.1) is 13.8 Å². The molecule has 0 aliphatic rings. The molecule has 1 N–H and O–H groups in total. The number of ether oxygens (including phenoxy) is 3. The van der Waals surface area contributed by atoms with Crippen LogP contribution in [0.2, 0.25) is 0 Å². The first-order valence-electron chi connectivity index (χ1n) is 14.9. The number of thioether (sulfide) groups is 1. The van der Waals surface area contributed by atoms with Crippen LogP contribution in [0.1, 0.15) is 51.2 Å². The lowest BCUT2D eigenvalue weighted by Gasteiger charge is -2.10. The molecule has 17 heteroatoms. The molecule has 0 radical (unpaired) electrons. The molecule has 0 spiro atoms. The van der Waals surface area contributed by atoms with E-state index < -0.39 is 11.9 Å². The first kappa shape index (κ1) is 34.2. The molecular formula is C32H28N6O7S4. The van der Waals surface area contributed by atoms with Crippen LogP contribution in [-0.2, 0) is 9.47 Å². The number of aromatic nitrogens is 2. The number of thiophene rings is 2. The lowest BCUT2D eigenvalue weighted by atomic mass is 10.1. The zero-order chi connectivity index (χ0) is 34.7. The number of aromatic hydroxyl groups is 1. The molecule has 0 amide bonds. The molecule has 2 aromatic carbocycles. The number of carbonyl (C=O) groups is 2. The summed E-state index contributed by atoms with van der Waals surface area (Å²) in [6.45, 7) is 9.58. The highest BCUT2D eigenvalue weighted by atomic mass is 32.2. The monoisotopic (exact) mass is 736 g/mol. The Hall–Kier alpha value is -4.71. The maximum absolute atomic E-state index is 13.2. The maximum Gasteiger partial charge on any atom is 0.340 e. The fourth-order valence-electron chi connectivity index (χ4n) is 4.73. The van der Waals surface area contributed by atoms with Gasteiger partial charge < -0.3 is 23.7 Å². The number of hydrogen-bond acceptors (Lipinski definition) is 17. The Labute approximate surface area is 295 Å². The standard InChI is InChI=1S/C32H28N6O7S4/c1-6-42-29(40)20-12-22(39)18-9-15(4)47-27(18)25(20)34-33-24-11-17(14-44-24)45-23-13-21(30(41)43-7-2)26(28-19(23)10-16(5)48-28)35-36-31-37-38-32(49-31)46-8-3/h9-14,39H,6-8H2,1-5H3/b34-33+,36-35+. The normalized spacial score (nSPS) is 11.8. The minimum Gasteiger partial charge on any atom is -0.507 e. The van der Waals surface area contributed by atoms with Crippen molar-refractivity contribution in [2.75, 3.05) is 19.0 Å². The smallest absolute Gasteiger partial charge is 0.340 e. The van der Waals surface area contributed by atoms with Gasteiger partial charge in [-0.3, -0.25) is 0 Å². The number of rotatable bonds is 12. The number of benzene rings is 2. The van der Waals surface area contributed by atoms with Crippen LogP contribution < -0.4 is 4.74 Å².